The number of methoxy groups -OCH3 is 1. The first-order valence-electron chi connectivity index (χ1n) is 6.43. The van der Waals surface area contributed by atoms with Crippen LogP contribution in [-0.4, -0.2) is 16.5 Å². The Labute approximate surface area is 112 Å². The Balaban J connectivity index is 2.09. The third-order valence-electron chi connectivity index (χ3n) is 3.32. The van der Waals surface area contributed by atoms with Crippen LogP contribution < -0.4 is 4.74 Å². The average molecular weight is 252 g/mol. The van der Waals surface area contributed by atoms with Gasteiger partial charge in [0.15, 0.2) is 11.4 Å². The summed E-state index contributed by atoms with van der Waals surface area (Å²) in [5.41, 5.74) is 4.28. The van der Waals surface area contributed by atoms with Gasteiger partial charge >= 0.3 is 0 Å². The molecule has 3 heteroatoms. The molecule has 0 aliphatic carbocycles. The fourth-order valence-electron chi connectivity index (χ4n) is 2.20. The van der Waals surface area contributed by atoms with Gasteiger partial charge in [0.2, 0.25) is 0 Å². The smallest absolute Gasteiger partial charge is 0.180 e. The van der Waals surface area contributed by atoms with Crippen LogP contribution in [0.4, 0.5) is 0 Å². The highest BCUT2D eigenvalue weighted by atomic mass is 16.5. The fourth-order valence-corrected chi connectivity index (χ4v) is 2.20. The molecule has 96 valence electrons. The fraction of sp³-hybridized carbons (Fsp3) is 0.188. The molecule has 3 aromatic rings. The predicted molar refractivity (Wildman–Crippen MR) is 76.6 cm³/mol. The van der Waals surface area contributed by atoms with Gasteiger partial charge in [0.1, 0.15) is 0 Å². The largest absolute Gasteiger partial charge is 0.493 e. The maximum absolute atomic E-state index is 5.33. The van der Waals surface area contributed by atoms with Gasteiger partial charge in [-0.2, -0.15) is 0 Å². The summed E-state index contributed by atoms with van der Waals surface area (Å²) in [5.74, 6) is 0.791. The van der Waals surface area contributed by atoms with Crippen molar-refractivity contribution in [2.75, 3.05) is 7.11 Å². The number of aryl methyl sites for hydroxylation is 1. The van der Waals surface area contributed by atoms with E-state index in [4.69, 9.17) is 4.74 Å². The number of benzene rings is 1. The van der Waals surface area contributed by atoms with Crippen LogP contribution >= 0.6 is 0 Å². The Hall–Kier alpha value is -2.29. The number of imidazole rings is 1. The molecule has 2 heterocycles. The second-order valence-corrected chi connectivity index (χ2v) is 4.48. The SMILES string of the molecule is CCc1ccc(-c2cn3cccc(OC)c3n2)cc1. The lowest BCUT2D eigenvalue weighted by Crippen LogP contribution is -1.88. The molecule has 0 bridgehead atoms. The summed E-state index contributed by atoms with van der Waals surface area (Å²) in [7, 11) is 1.67. The predicted octanol–water partition coefficient (Wildman–Crippen LogP) is 3.57. The van der Waals surface area contributed by atoms with E-state index in [1.807, 2.05) is 28.9 Å². The van der Waals surface area contributed by atoms with Crippen molar-refractivity contribution in [1.29, 1.82) is 0 Å². The minimum absolute atomic E-state index is 0.791. The zero-order chi connectivity index (χ0) is 13.2. The van der Waals surface area contributed by atoms with Crippen molar-refractivity contribution in [3.05, 3.63) is 54.4 Å². The zero-order valence-corrected chi connectivity index (χ0v) is 11.1. The van der Waals surface area contributed by atoms with Crippen LogP contribution in [0.3, 0.4) is 0 Å². The van der Waals surface area contributed by atoms with E-state index in [0.29, 0.717) is 0 Å². The maximum Gasteiger partial charge on any atom is 0.180 e. The summed E-state index contributed by atoms with van der Waals surface area (Å²) in [5, 5.41) is 0. The molecule has 3 nitrogen and oxygen atoms in total. The van der Waals surface area contributed by atoms with Crippen LogP contribution in [0.15, 0.2) is 48.8 Å². The van der Waals surface area contributed by atoms with Crippen molar-refractivity contribution in [2.45, 2.75) is 13.3 Å². The second kappa shape index (κ2) is 4.76. The molecule has 0 aliphatic heterocycles. The lowest BCUT2D eigenvalue weighted by Gasteiger charge is -1.99. The quantitative estimate of drug-likeness (QED) is 0.712. The van der Waals surface area contributed by atoms with Crippen LogP contribution in [0.2, 0.25) is 0 Å². The number of hydrogen-bond donors (Lipinski definition) is 0. The van der Waals surface area contributed by atoms with Gasteiger partial charge in [-0.15, -0.1) is 0 Å². The van der Waals surface area contributed by atoms with E-state index >= 15 is 0 Å². The average Bonchev–Trinajstić information content (AvgIpc) is 2.91. The molecular formula is C16H16N2O. The molecule has 0 spiro atoms. The number of fused-ring (bicyclic) bond motifs is 1. The van der Waals surface area contributed by atoms with Crippen LogP contribution in [0.1, 0.15) is 12.5 Å². The Morgan fingerprint density at radius 2 is 1.95 bits per heavy atom. The molecule has 19 heavy (non-hydrogen) atoms. The molecule has 0 radical (unpaired) electrons. The number of pyridine rings is 1. The van der Waals surface area contributed by atoms with Gasteiger partial charge in [0.25, 0.3) is 0 Å². The number of rotatable bonds is 3. The highest BCUT2D eigenvalue weighted by molar-refractivity contribution is 5.66. The van der Waals surface area contributed by atoms with Crippen molar-refractivity contribution in [1.82, 2.24) is 9.38 Å². The van der Waals surface area contributed by atoms with Gasteiger partial charge in [0.05, 0.1) is 12.8 Å². The van der Waals surface area contributed by atoms with Crippen LogP contribution in [-0.2, 0) is 6.42 Å². The van der Waals surface area contributed by atoms with Gasteiger partial charge in [-0.3, -0.25) is 0 Å². The van der Waals surface area contributed by atoms with Gasteiger partial charge in [-0.1, -0.05) is 31.2 Å². The van der Waals surface area contributed by atoms with E-state index in [1.54, 1.807) is 7.11 Å². The topological polar surface area (TPSA) is 26.5 Å². The van der Waals surface area contributed by atoms with Crippen molar-refractivity contribution in [3.8, 4) is 17.0 Å². The molecular weight excluding hydrogens is 236 g/mol. The van der Waals surface area contributed by atoms with Crippen molar-refractivity contribution in [3.63, 3.8) is 0 Å². The molecule has 0 N–H and O–H groups in total. The molecule has 0 unspecified atom stereocenters. The summed E-state index contributed by atoms with van der Waals surface area (Å²) in [6, 6.07) is 12.4. The van der Waals surface area contributed by atoms with Crippen LogP contribution in [0.5, 0.6) is 5.75 Å². The second-order valence-electron chi connectivity index (χ2n) is 4.48. The van der Waals surface area contributed by atoms with Crippen LogP contribution in [0, 0.1) is 0 Å². The summed E-state index contributed by atoms with van der Waals surface area (Å²) in [4.78, 5) is 4.65. The molecule has 2 aromatic heterocycles. The van der Waals surface area contributed by atoms with E-state index in [9.17, 15) is 0 Å². The van der Waals surface area contributed by atoms with Crippen molar-refractivity contribution < 1.29 is 4.74 Å². The van der Waals surface area contributed by atoms with Crippen molar-refractivity contribution in [2.24, 2.45) is 0 Å². The summed E-state index contributed by atoms with van der Waals surface area (Å²) < 4.78 is 7.32. The number of nitrogens with zero attached hydrogens (tertiary/aromatic N) is 2. The monoisotopic (exact) mass is 252 g/mol. The van der Waals surface area contributed by atoms with E-state index < -0.39 is 0 Å². The summed E-state index contributed by atoms with van der Waals surface area (Å²) >= 11 is 0. The Morgan fingerprint density at radius 3 is 2.63 bits per heavy atom. The van der Waals surface area contributed by atoms with E-state index in [2.05, 4.69) is 36.2 Å². The lowest BCUT2D eigenvalue weighted by molar-refractivity contribution is 0.417. The molecule has 0 amide bonds. The molecule has 0 fully saturated rings. The Morgan fingerprint density at radius 1 is 1.16 bits per heavy atom. The maximum atomic E-state index is 5.33. The zero-order valence-electron chi connectivity index (χ0n) is 11.1. The Bertz CT molecular complexity index is 698. The third-order valence-corrected chi connectivity index (χ3v) is 3.32. The standard InChI is InChI=1S/C16H16N2O/c1-3-12-6-8-13(9-7-12)14-11-18-10-4-5-15(19-2)16(18)17-14/h4-11H,3H2,1-2H3. The van der Waals surface area contributed by atoms with Gasteiger partial charge in [-0.25, -0.2) is 4.98 Å². The minimum atomic E-state index is 0.791. The number of hydrogen-bond acceptors (Lipinski definition) is 2. The van der Waals surface area contributed by atoms with E-state index in [1.165, 1.54) is 5.56 Å². The van der Waals surface area contributed by atoms with Gasteiger partial charge in [0, 0.05) is 18.0 Å². The number of ether oxygens (including phenoxy) is 1. The van der Waals surface area contributed by atoms with Crippen molar-refractivity contribution >= 4 is 5.65 Å². The summed E-state index contributed by atoms with van der Waals surface area (Å²) in [6.07, 6.45) is 5.06. The van der Waals surface area contributed by atoms with Gasteiger partial charge in [-0.05, 0) is 24.1 Å². The molecule has 0 saturated heterocycles. The first kappa shape index (κ1) is 11.8. The Kier molecular flexibility index (Phi) is 2.95. The van der Waals surface area contributed by atoms with E-state index in [-0.39, 0.29) is 0 Å². The normalized spacial score (nSPS) is 10.8. The van der Waals surface area contributed by atoms with E-state index in [0.717, 1.165) is 29.1 Å². The molecule has 0 atom stereocenters. The highest BCUT2D eigenvalue weighted by Gasteiger charge is 2.07. The highest BCUT2D eigenvalue weighted by Crippen LogP contribution is 2.24. The molecule has 0 saturated carbocycles. The lowest BCUT2D eigenvalue weighted by atomic mass is 10.1. The third kappa shape index (κ3) is 2.08. The van der Waals surface area contributed by atoms with Gasteiger partial charge < -0.3 is 9.14 Å². The molecule has 0 aliphatic rings. The first-order valence-corrected chi connectivity index (χ1v) is 6.43. The molecule has 3 rings (SSSR count). The minimum Gasteiger partial charge on any atom is -0.493 e. The number of aromatic nitrogens is 2. The first-order chi connectivity index (χ1) is 9.31. The summed E-state index contributed by atoms with van der Waals surface area (Å²) in [6.45, 7) is 2.16. The molecule has 1 aromatic carbocycles. The van der Waals surface area contributed by atoms with Crippen LogP contribution in [0.25, 0.3) is 16.9 Å².